The van der Waals surface area contributed by atoms with Gasteiger partial charge < -0.3 is 20.9 Å². The molecule has 2 rings (SSSR count). The van der Waals surface area contributed by atoms with E-state index in [-0.39, 0.29) is 12.5 Å². The first kappa shape index (κ1) is 15.5. The van der Waals surface area contributed by atoms with Gasteiger partial charge in [-0.25, -0.2) is 0 Å². The predicted octanol–water partition coefficient (Wildman–Crippen LogP) is 0.684. The summed E-state index contributed by atoms with van der Waals surface area (Å²) in [6, 6.07) is 8.20. The van der Waals surface area contributed by atoms with Crippen molar-refractivity contribution in [1.29, 1.82) is 0 Å². The lowest BCUT2D eigenvalue weighted by Gasteiger charge is -2.33. The van der Waals surface area contributed by atoms with Gasteiger partial charge in [0.25, 0.3) is 0 Å². The summed E-state index contributed by atoms with van der Waals surface area (Å²) < 4.78 is 5.20. The highest BCUT2D eigenvalue weighted by atomic mass is 16.5. The van der Waals surface area contributed by atoms with Gasteiger partial charge in [0, 0.05) is 19.8 Å². The van der Waals surface area contributed by atoms with E-state index in [0.717, 1.165) is 0 Å². The minimum atomic E-state index is -0.954. The van der Waals surface area contributed by atoms with Gasteiger partial charge in [0.15, 0.2) is 0 Å². The van der Waals surface area contributed by atoms with E-state index in [2.05, 4.69) is 5.32 Å². The lowest BCUT2D eigenvalue weighted by Crippen LogP contribution is -2.48. The van der Waals surface area contributed by atoms with Crippen LogP contribution in [0.15, 0.2) is 30.3 Å². The number of rotatable bonds is 5. The van der Waals surface area contributed by atoms with Gasteiger partial charge in [-0.05, 0) is 18.4 Å². The number of benzene rings is 1. The van der Waals surface area contributed by atoms with Crippen molar-refractivity contribution in [2.75, 3.05) is 19.8 Å². The second-order valence-corrected chi connectivity index (χ2v) is 5.30. The van der Waals surface area contributed by atoms with Crippen LogP contribution in [0.2, 0.25) is 0 Å². The molecule has 0 aromatic heterocycles. The van der Waals surface area contributed by atoms with Crippen molar-refractivity contribution in [3.8, 4) is 0 Å². The van der Waals surface area contributed by atoms with Gasteiger partial charge in [-0.1, -0.05) is 30.3 Å². The van der Waals surface area contributed by atoms with Crippen LogP contribution in [0.25, 0.3) is 0 Å². The molecule has 114 valence electrons. The first-order valence-electron chi connectivity index (χ1n) is 6.94. The predicted molar refractivity (Wildman–Crippen MR) is 76.5 cm³/mol. The van der Waals surface area contributed by atoms with Crippen molar-refractivity contribution in [3.63, 3.8) is 0 Å². The van der Waals surface area contributed by atoms with Gasteiger partial charge >= 0.3 is 5.97 Å². The smallest absolute Gasteiger partial charge is 0.311 e. The molecular weight excluding hydrogens is 272 g/mol. The van der Waals surface area contributed by atoms with Crippen LogP contribution in [0.5, 0.6) is 0 Å². The Balaban J connectivity index is 1.97. The molecule has 21 heavy (non-hydrogen) atoms. The number of hydrogen-bond donors (Lipinski definition) is 3. The molecule has 1 aliphatic rings. The molecule has 0 saturated carbocycles. The molecule has 0 aliphatic carbocycles. The highest BCUT2D eigenvalue weighted by molar-refractivity contribution is 5.84. The van der Waals surface area contributed by atoms with Crippen LogP contribution in [-0.2, 0) is 14.3 Å². The standard InChI is InChI=1S/C15H20N2O4/c16-12(11-4-2-1-3-5-11)13(18)17-10-15(14(19)20)6-8-21-9-7-15/h1-5,12H,6-10,16H2,(H,17,18)(H,19,20)/t12-/m1/s1. The molecule has 6 nitrogen and oxygen atoms in total. The van der Waals surface area contributed by atoms with Gasteiger partial charge in [0.2, 0.25) is 5.91 Å². The maximum absolute atomic E-state index is 12.1. The van der Waals surface area contributed by atoms with E-state index in [1.807, 2.05) is 6.07 Å². The van der Waals surface area contributed by atoms with E-state index >= 15 is 0 Å². The van der Waals surface area contributed by atoms with Gasteiger partial charge in [-0.15, -0.1) is 0 Å². The van der Waals surface area contributed by atoms with Crippen LogP contribution in [0.3, 0.4) is 0 Å². The molecule has 1 saturated heterocycles. The zero-order valence-electron chi connectivity index (χ0n) is 11.7. The van der Waals surface area contributed by atoms with Crippen LogP contribution in [0, 0.1) is 5.41 Å². The number of aliphatic carboxylic acids is 1. The van der Waals surface area contributed by atoms with E-state index in [9.17, 15) is 14.7 Å². The molecule has 1 aromatic rings. The van der Waals surface area contributed by atoms with Gasteiger partial charge in [-0.2, -0.15) is 0 Å². The lowest BCUT2D eigenvalue weighted by molar-refractivity contribution is -0.154. The molecule has 6 heteroatoms. The van der Waals surface area contributed by atoms with Crippen molar-refractivity contribution in [1.82, 2.24) is 5.32 Å². The minimum Gasteiger partial charge on any atom is -0.481 e. The topological polar surface area (TPSA) is 102 Å². The monoisotopic (exact) mass is 292 g/mol. The summed E-state index contributed by atoms with van der Waals surface area (Å²) in [4.78, 5) is 23.6. The SMILES string of the molecule is N[C@@H](C(=O)NCC1(C(=O)O)CCOCC1)c1ccccc1. The van der Waals surface area contributed by atoms with Gasteiger partial charge in [0.1, 0.15) is 6.04 Å². The number of amides is 1. The fourth-order valence-electron chi connectivity index (χ4n) is 2.41. The Morgan fingerprint density at radius 3 is 2.48 bits per heavy atom. The first-order valence-corrected chi connectivity index (χ1v) is 6.94. The molecule has 0 unspecified atom stereocenters. The van der Waals surface area contributed by atoms with E-state index in [0.29, 0.717) is 31.6 Å². The Labute approximate surface area is 123 Å². The molecule has 0 radical (unpaired) electrons. The molecular formula is C15H20N2O4. The summed E-state index contributed by atoms with van der Waals surface area (Å²) in [6.45, 7) is 0.866. The average molecular weight is 292 g/mol. The minimum absolute atomic E-state index is 0.0745. The zero-order valence-corrected chi connectivity index (χ0v) is 11.7. The fourth-order valence-corrected chi connectivity index (χ4v) is 2.41. The maximum atomic E-state index is 12.1. The number of nitrogens with two attached hydrogens (primary N) is 1. The molecule has 4 N–H and O–H groups in total. The summed E-state index contributed by atoms with van der Waals surface area (Å²) in [5.74, 6) is -1.27. The number of carbonyl (C=O) groups is 2. The third kappa shape index (κ3) is 3.59. The Morgan fingerprint density at radius 2 is 1.90 bits per heavy atom. The van der Waals surface area contributed by atoms with Crippen molar-refractivity contribution >= 4 is 11.9 Å². The zero-order chi connectivity index (χ0) is 15.3. The Morgan fingerprint density at radius 1 is 1.29 bits per heavy atom. The molecule has 0 spiro atoms. The van der Waals surface area contributed by atoms with E-state index in [1.54, 1.807) is 24.3 Å². The fraction of sp³-hybridized carbons (Fsp3) is 0.467. The van der Waals surface area contributed by atoms with Gasteiger partial charge in [-0.3, -0.25) is 9.59 Å². The first-order chi connectivity index (χ1) is 10.1. The second kappa shape index (κ2) is 6.69. The summed E-state index contributed by atoms with van der Waals surface area (Å²) in [7, 11) is 0. The van der Waals surface area contributed by atoms with Crippen LogP contribution in [-0.4, -0.2) is 36.7 Å². The highest BCUT2D eigenvalue weighted by Gasteiger charge is 2.40. The number of ether oxygens (including phenoxy) is 1. The van der Waals surface area contributed by atoms with E-state index < -0.39 is 17.4 Å². The summed E-state index contributed by atoms with van der Waals surface area (Å²) in [6.07, 6.45) is 0.784. The van der Waals surface area contributed by atoms with Crippen LogP contribution >= 0.6 is 0 Å². The number of hydrogen-bond acceptors (Lipinski definition) is 4. The third-order valence-corrected chi connectivity index (χ3v) is 3.95. The summed E-state index contributed by atoms with van der Waals surface area (Å²) >= 11 is 0. The molecule has 1 atom stereocenters. The molecule has 1 fully saturated rings. The third-order valence-electron chi connectivity index (χ3n) is 3.95. The van der Waals surface area contributed by atoms with Crippen molar-refractivity contribution in [2.45, 2.75) is 18.9 Å². The van der Waals surface area contributed by atoms with Crippen LogP contribution < -0.4 is 11.1 Å². The maximum Gasteiger partial charge on any atom is 0.311 e. The number of carboxylic acid groups (broad SMARTS) is 1. The lowest BCUT2D eigenvalue weighted by atomic mass is 9.80. The number of nitrogens with one attached hydrogen (secondary N) is 1. The molecule has 0 bridgehead atoms. The van der Waals surface area contributed by atoms with Crippen molar-refractivity contribution in [2.24, 2.45) is 11.1 Å². The normalized spacial score (nSPS) is 18.7. The summed E-state index contributed by atoms with van der Waals surface area (Å²) in [5, 5.41) is 12.1. The Kier molecular flexibility index (Phi) is 4.93. The molecule has 1 aromatic carbocycles. The molecule has 1 amide bonds. The second-order valence-electron chi connectivity index (χ2n) is 5.30. The Bertz CT molecular complexity index is 498. The van der Waals surface area contributed by atoms with E-state index in [4.69, 9.17) is 10.5 Å². The van der Waals surface area contributed by atoms with Crippen molar-refractivity contribution < 1.29 is 19.4 Å². The number of carbonyl (C=O) groups excluding carboxylic acids is 1. The average Bonchev–Trinajstić information content (AvgIpc) is 2.53. The summed E-state index contributed by atoms with van der Waals surface area (Å²) in [5.41, 5.74) is 5.64. The van der Waals surface area contributed by atoms with Crippen LogP contribution in [0.1, 0.15) is 24.4 Å². The van der Waals surface area contributed by atoms with Crippen molar-refractivity contribution in [3.05, 3.63) is 35.9 Å². The quantitative estimate of drug-likeness (QED) is 0.741. The largest absolute Gasteiger partial charge is 0.481 e. The van der Waals surface area contributed by atoms with Crippen LogP contribution in [0.4, 0.5) is 0 Å². The van der Waals surface area contributed by atoms with E-state index in [1.165, 1.54) is 0 Å². The molecule has 1 aliphatic heterocycles. The Hall–Kier alpha value is -1.92. The highest BCUT2D eigenvalue weighted by Crippen LogP contribution is 2.30. The number of carboxylic acids is 1. The van der Waals surface area contributed by atoms with Gasteiger partial charge in [0.05, 0.1) is 5.41 Å². The molecule has 1 heterocycles.